The van der Waals surface area contributed by atoms with Gasteiger partial charge in [-0.15, -0.1) is 0 Å². The Labute approximate surface area is 169 Å². The standard InChI is InChI=1S/C22H22ClN3O2/c1-15-6-8-20(28-2)19(12-15)26-22(27)17-7-9-21(25-14-17)24-11-10-16-4-3-5-18(23)13-16/h3-9,12-14H,10-11H2,1-2H3,(H,24,25)(H,26,27). The number of ether oxygens (including phenoxy) is 1. The lowest BCUT2D eigenvalue weighted by atomic mass is 10.1. The molecule has 144 valence electrons. The number of amides is 1. The normalized spacial score (nSPS) is 10.4. The fourth-order valence-corrected chi connectivity index (χ4v) is 2.99. The van der Waals surface area contributed by atoms with Gasteiger partial charge in [0.05, 0.1) is 18.4 Å². The zero-order chi connectivity index (χ0) is 19.9. The number of carbonyl (C=O) groups is 1. The Morgan fingerprint density at radius 1 is 1.14 bits per heavy atom. The highest BCUT2D eigenvalue weighted by atomic mass is 35.5. The van der Waals surface area contributed by atoms with Crippen LogP contribution in [0.1, 0.15) is 21.5 Å². The molecule has 0 spiro atoms. The number of benzene rings is 2. The van der Waals surface area contributed by atoms with Crippen molar-refractivity contribution in [2.45, 2.75) is 13.3 Å². The quantitative estimate of drug-likeness (QED) is 0.593. The van der Waals surface area contributed by atoms with Crippen LogP contribution < -0.4 is 15.4 Å². The van der Waals surface area contributed by atoms with E-state index in [4.69, 9.17) is 16.3 Å². The molecule has 0 aliphatic carbocycles. The second-order valence-electron chi connectivity index (χ2n) is 6.40. The minimum atomic E-state index is -0.234. The highest BCUT2D eigenvalue weighted by Crippen LogP contribution is 2.25. The first-order valence-corrected chi connectivity index (χ1v) is 9.33. The molecule has 1 aromatic heterocycles. The Morgan fingerprint density at radius 3 is 2.71 bits per heavy atom. The average Bonchev–Trinajstić information content (AvgIpc) is 2.69. The van der Waals surface area contributed by atoms with Gasteiger partial charge in [0.25, 0.3) is 5.91 Å². The summed E-state index contributed by atoms with van der Waals surface area (Å²) in [4.78, 5) is 16.8. The maximum atomic E-state index is 12.5. The first kappa shape index (κ1) is 19.7. The number of methoxy groups -OCH3 is 1. The Hall–Kier alpha value is -3.05. The van der Waals surface area contributed by atoms with E-state index in [-0.39, 0.29) is 5.91 Å². The van der Waals surface area contributed by atoms with Crippen molar-refractivity contribution in [1.82, 2.24) is 4.98 Å². The molecular formula is C22H22ClN3O2. The lowest BCUT2D eigenvalue weighted by Gasteiger charge is -2.11. The predicted octanol–water partition coefficient (Wildman–Crippen LogP) is 4.96. The highest BCUT2D eigenvalue weighted by molar-refractivity contribution is 6.30. The minimum absolute atomic E-state index is 0.234. The summed E-state index contributed by atoms with van der Waals surface area (Å²) in [5.74, 6) is 1.10. The summed E-state index contributed by atoms with van der Waals surface area (Å²) in [7, 11) is 1.58. The van der Waals surface area contributed by atoms with E-state index in [1.54, 1.807) is 25.4 Å². The van der Waals surface area contributed by atoms with Crippen molar-refractivity contribution in [2.24, 2.45) is 0 Å². The minimum Gasteiger partial charge on any atom is -0.495 e. The van der Waals surface area contributed by atoms with E-state index in [2.05, 4.69) is 15.6 Å². The SMILES string of the molecule is COc1ccc(C)cc1NC(=O)c1ccc(NCCc2cccc(Cl)c2)nc1. The number of aryl methyl sites for hydroxylation is 1. The predicted molar refractivity (Wildman–Crippen MR) is 114 cm³/mol. The summed E-state index contributed by atoms with van der Waals surface area (Å²) in [6.07, 6.45) is 2.39. The molecule has 0 radical (unpaired) electrons. The molecule has 0 fully saturated rings. The molecule has 1 heterocycles. The first-order chi connectivity index (χ1) is 13.5. The Balaban J connectivity index is 1.58. The second kappa shape index (κ2) is 9.24. The fourth-order valence-electron chi connectivity index (χ4n) is 2.77. The molecule has 0 saturated heterocycles. The molecule has 2 aromatic carbocycles. The molecule has 6 heteroatoms. The summed E-state index contributed by atoms with van der Waals surface area (Å²) >= 11 is 6.00. The van der Waals surface area contributed by atoms with Crippen LogP contribution in [0.4, 0.5) is 11.5 Å². The zero-order valence-corrected chi connectivity index (χ0v) is 16.6. The van der Waals surface area contributed by atoms with Crippen LogP contribution in [0.25, 0.3) is 0 Å². The summed E-state index contributed by atoms with van der Waals surface area (Å²) in [6.45, 7) is 2.68. The molecule has 5 nitrogen and oxygen atoms in total. The van der Waals surface area contributed by atoms with Crippen LogP contribution in [-0.4, -0.2) is 24.5 Å². The van der Waals surface area contributed by atoms with Gasteiger partial charge in [0, 0.05) is 17.8 Å². The maximum Gasteiger partial charge on any atom is 0.257 e. The first-order valence-electron chi connectivity index (χ1n) is 8.95. The highest BCUT2D eigenvalue weighted by Gasteiger charge is 2.10. The van der Waals surface area contributed by atoms with Gasteiger partial charge in [-0.05, 0) is 60.9 Å². The van der Waals surface area contributed by atoms with Crippen molar-refractivity contribution in [3.8, 4) is 5.75 Å². The lowest BCUT2D eigenvalue weighted by molar-refractivity contribution is 0.102. The van der Waals surface area contributed by atoms with Crippen LogP contribution >= 0.6 is 11.6 Å². The van der Waals surface area contributed by atoms with Gasteiger partial charge in [0.1, 0.15) is 11.6 Å². The third-order valence-electron chi connectivity index (χ3n) is 4.24. The summed E-state index contributed by atoms with van der Waals surface area (Å²) in [6, 6.07) is 16.9. The number of hydrogen-bond acceptors (Lipinski definition) is 4. The molecule has 1 amide bonds. The monoisotopic (exact) mass is 395 g/mol. The molecule has 0 aliphatic heterocycles. The van der Waals surface area contributed by atoms with Crippen LogP contribution in [0, 0.1) is 6.92 Å². The third kappa shape index (κ3) is 5.24. The molecule has 0 atom stereocenters. The van der Waals surface area contributed by atoms with Gasteiger partial charge in [-0.1, -0.05) is 29.8 Å². The number of nitrogens with one attached hydrogen (secondary N) is 2. The number of rotatable bonds is 7. The number of hydrogen-bond donors (Lipinski definition) is 2. The molecule has 28 heavy (non-hydrogen) atoms. The van der Waals surface area contributed by atoms with E-state index in [0.717, 1.165) is 29.1 Å². The van der Waals surface area contributed by atoms with Gasteiger partial charge in [-0.25, -0.2) is 4.98 Å². The molecule has 0 saturated carbocycles. The molecule has 2 N–H and O–H groups in total. The van der Waals surface area contributed by atoms with Crippen molar-refractivity contribution >= 4 is 29.0 Å². The molecule has 0 aliphatic rings. The topological polar surface area (TPSA) is 63.2 Å². The van der Waals surface area contributed by atoms with E-state index in [1.807, 2.05) is 49.4 Å². The Bertz CT molecular complexity index is 958. The zero-order valence-electron chi connectivity index (χ0n) is 15.8. The Kier molecular flexibility index (Phi) is 6.50. The average molecular weight is 396 g/mol. The molecule has 3 aromatic rings. The van der Waals surface area contributed by atoms with Crippen molar-refractivity contribution < 1.29 is 9.53 Å². The van der Waals surface area contributed by atoms with Crippen molar-refractivity contribution in [1.29, 1.82) is 0 Å². The smallest absolute Gasteiger partial charge is 0.257 e. The van der Waals surface area contributed by atoms with Crippen molar-refractivity contribution in [3.05, 3.63) is 82.5 Å². The van der Waals surface area contributed by atoms with Crippen LogP contribution in [0.2, 0.25) is 5.02 Å². The summed E-state index contributed by atoms with van der Waals surface area (Å²) < 4.78 is 5.30. The van der Waals surface area contributed by atoms with Crippen molar-refractivity contribution in [3.63, 3.8) is 0 Å². The number of anilines is 2. The summed E-state index contributed by atoms with van der Waals surface area (Å²) in [5.41, 5.74) is 3.30. The third-order valence-corrected chi connectivity index (χ3v) is 4.47. The molecular weight excluding hydrogens is 374 g/mol. The van der Waals surface area contributed by atoms with E-state index >= 15 is 0 Å². The van der Waals surface area contributed by atoms with E-state index in [9.17, 15) is 4.79 Å². The van der Waals surface area contributed by atoms with Gasteiger partial charge < -0.3 is 15.4 Å². The Morgan fingerprint density at radius 2 is 2.00 bits per heavy atom. The molecule has 0 bridgehead atoms. The molecule has 3 rings (SSSR count). The van der Waals surface area contributed by atoms with Gasteiger partial charge in [0.15, 0.2) is 0 Å². The number of pyridine rings is 1. The van der Waals surface area contributed by atoms with E-state index < -0.39 is 0 Å². The number of carbonyl (C=O) groups excluding carboxylic acids is 1. The lowest BCUT2D eigenvalue weighted by Crippen LogP contribution is -2.13. The van der Waals surface area contributed by atoms with Gasteiger partial charge in [-0.2, -0.15) is 0 Å². The van der Waals surface area contributed by atoms with Crippen molar-refractivity contribution in [2.75, 3.05) is 24.3 Å². The molecule has 0 unspecified atom stereocenters. The van der Waals surface area contributed by atoms with Crippen LogP contribution in [0.15, 0.2) is 60.8 Å². The largest absolute Gasteiger partial charge is 0.495 e. The van der Waals surface area contributed by atoms with Gasteiger partial charge >= 0.3 is 0 Å². The fraction of sp³-hybridized carbons (Fsp3) is 0.182. The number of aromatic nitrogens is 1. The second-order valence-corrected chi connectivity index (χ2v) is 6.83. The van der Waals surface area contributed by atoms with Crippen LogP contribution in [-0.2, 0) is 6.42 Å². The van der Waals surface area contributed by atoms with Gasteiger partial charge in [0.2, 0.25) is 0 Å². The number of halogens is 1. The van der Waals surface area contributed by atoms with Crippen LogP contribution in [0.3, 0.4) is 0 Å². The van der Waals surface area contributed by atoms with E-state index in [1.165, 1.54) is 0 Å². The van der Waals surface area contributed by atoms with Crippen LogP contribution in [0.5, 0.6) is 5.75 Å². The number of nitrogens with zero attached hydrogens (tertiary/aromatic N) is 1. The van der Waals surface area contributed by atoms with Gasteiger partial charge in [-0.3, -0.25) is 4.79 Å². The maximum absolute atomic E-state index is 12.5. The van der Waals surface area contributed by atoms with E-state index in [0.29, 0.717) is 22.8 Å². The summed E-state index contributed by atoms with van der Waals surface area (Å²) in [5, 5.41) is 6.85.